The molecule has 3 heteroatoms. The fraction of sp³-hybridized carbons (Fsp3) is 0.600. The van der Waals surface area contributed by atoms with Crippen molar-refractivity contribution < 1.29 is 9.84 Å². The molecule has 0 spiro atoms. The molecule has 0 saturated heterocycles. The minimum absolute atomic E-state index is 0.482. The van der Waals surface area contributed by atoms with E-state index >= 15 is 0 Å². The molecule has 0 aromatic heterocycles. The number of benzene rings is 1. The molecule has 3 unspecified atom stereocenters. The van der Waals surface area contributed by atoms with E-state index in [-0.39, 0.29) is 0 Å². The minimum atomic E-state index is -0.556. The van der Waals surface area contributed by atoms with Crippen LogP contribution in [0.3, 0.4) is 0 Å². The minimum Gasteiger partial charge on any atom is -0.494 e. The maximum atomic E-state index is 10.9. The van der Waals surface area contributed by atoms with Gasteiger partial charge in [0, 0.05) is 10.2 Å². The third kappa shape index (κ3) is 1.99. The fourth-order valence-corrected chi connectivity index (χ4v) is 3.92. The number of ether oxygens (including phenoxy) is 1. The largest absolute Gasteiger partial charge is 0.494 e. The lowest BCUT2D eigenvalue weighted by molar-refractivity contribution is -0.0182. The van der Waals surface area contributed by atoms with Gasteiger partial charge in [-0.05, 0) is 61.3 Å². The van der Waals surface area contributed by atoms with E-state index in [1.807, 2.05) is 12.1 Å². The van der Waals surface area contributed by atoms with Crippen LogP contribution in [0.25, 0.3) is 0 Å². The monoisotopic (exact) mass is 262 g/mol. The molecule has 0 heterocycles. The highest BCUT2D eigenvalue weighted by Crippen LogP contribution is 2.55. The molecular weight excluding hydrogens is 240 g/mol. The van der Waals surface area contributed by atoms with Gasteiger partial charge in [0.15, 0.2) is 0 Å². The second-order valence-electron chi connectivity index (χ2n) is 5.88. The van der Waals surface area contributed by atoms with Crippen molar-refractivity contribution in [2.45, 2.75) is 37.3 Å². The zero-order chi connectivity index (χ0) is 12.6. The maximum absolute atomic E-state index is 10.9. The smallest absolute Gasteiger partial charge is 0.119 e. The van der Waals surface area contributed by atoms with Crippen LogP contribution >= 0.6 is 0 Å². The van der Waals surface area contributed by atoms with Crippen molar-refractivity contribution in [3.63, 3.8) is 0 Å². The topological polar surface area (TPSA) is 29.5 Å². The van der Waals surface area contributed by atoms with Gasteiger partial charge in [0.2, 0.25) is 0 Å². The molecule has 1 aromatic carbocycles. The summed E-state index contributed by atoms with van der Waals surface area (Å²) in [4.78, 5) is 0. The van der Waals surface area contributed by atoms with Crippen LogP contribution in [0.15, 0.2) is 24.3 Å². The molecule has 2 fully saturated rings. The van der Waals surface area contributed by atoms with Gasteiger partial charge in [-0.25, -0.2) is 0 Å². The Balaban J connectivity index is 1.76. The zero-order valence-corrected chi connectivity index (χ0v) is 13.1. The lowest BCUT2D eigenvalue weighted by Crippen LogP contribution is -2.32. The van der Waals surface area contributed by atoms with Crippen LogP contribution in [0.4, 0.5) is 0 Å². The van der Waals surface area contributed by atoms with Crippen molar-refractivity contribution in [1.82, 2.24) is 0 Å². The second kappa shape index (κ2) is 4.70. The third-order valence-electron chi connectivity index (χ3n) is 4.64. The van der Waals surface area contributed by atoms with E-state index in [0.717, 1.165) is 36.3 Å². The number of hydrogen-bond acceptors (Lipinski definition) is 2. The van der Waals surface area contributed by atoms with E-state index in [9.17, 15) is 5.11 Å². The quantitative estimate of drug-likeness (QED) is 0.839. The number of fused-ring (bicyclic) bond motifs is 2. The van der Waals surface area contributed by atoms with Gasteiger partial charge in [0.1, 0.15) is 5.75 Å². The lowest BCUT2D eigenvalue weighted by atomic mass is 9.79. The standard InChI is InChI=1S/C15H22O2Si/c16-15(10-11-1-2-13(15)9-11)12-3-5-14(6-4-12)17-7-8-18/h3-6,11,13,16H,1-2,7-10H2,18H3. The molecule has 0 amide bonds. The van der Waals surface area contributed by atoms with Crippen LogP contribution in [-0.4, -0.2) is 22.0 Å². The number of aliphatic hydroxyl groups is 1. The van der Waals surface area contributed by atoms with Gasteiger partial charge in [0.05, 0.1) is 12.2 Å². The van der Waals surface area contributed by atoms with Gasteiger partial charge in [-0.3, -0.25) is 0 Å². The highest BCUT2D eigenvalue weighted by atomic mass is 28.1. The first-order valence-corrected chi connectivity index (χ1v) is 8.59. The van der Waals surface area contributed by atoms with E-state index in [0.29, 0.717) is 5.92 Å². The van der Waals surface area contributed by atoms with Gasteiger partial charge in [-0.1, -0.05) is 12.1 Å². The van der Waals surface area contributed by atoms with Crippen molar-refractivity contribution in [3.8, 4) is 5.75 Å². The Kier molecular flexibility index (Phi) is 3.20. The summed E-state index contributed by atoms with van der Waals surface area (Å²) in [5, 5.41) is 10.9. The molecule has 18 heavy (non-hydrogen) atoms. The molecule has 98 valence electrons. The Hall–Kier alpha value is -0.803. The third-order valence-corrected chi connectivity index (χ3v) is 5.05. The van der Waals surface area contributed by atoms with Crippen molar-refractivity contribution in [2.75, 3.05) is 6.61 Å². The zero-order valence-electron chi connectivity index (χ0n) is 11.1. The van der Waals surface area contributed by atoms with E-state index < -0.39 is 5.60 Å². The highest BCUT2D eigenvalue weighted by molar-refractivity contribution is 6.08. The molecule has 2 saturated carbocycles. The number of rotatable bonds is 4. The van der Waals surface area contributed by atoms with Crippen LogP contribution in [0.5, 0.6) is 5.75 Å². The van der Waals surface area contributed by atoms with Crippen molar-refractivity contribution >= 4 is 10.2 Å². The molecule has 3 atom stereocenters. The normalized spacial score (nSPS) is 34.1. The van der Waals surface area contributed by atoms with Gasteiger partial charge < -0.3 is 9.84 Å². The number of hydrogen-bond donors (Lipinski definition) is 1. The molecule has 0 radical (unpaired) electrons. The molecule has 2 aliphatic carbocycles. The summed E-state index contributed by atoms with van der Waals surface area (Å²) in [6.07, 6.45) is 4.68. The predicted octanol–water partition coefficient (Wildman–Crippen LogP) is 1.86. The van der Waals surface area contributed by atoms with Gasteiger partial charge in [-0.2, -0.15) is 0 Å². The van der Waals surface area contributed by atoms with Crippen molar-refractivity contribution in [1.29, 1.82) is 0 Å². The summed E-state index contributed by atoms with van der Waals surface area (Å²) in [5.74, 6) is 2.17. The van der Waals surface area contributed by atoms with Crippen LogP contribution in [0.2, 0.25) is 6.04 Å². The fourth-order valence-electron chi connectivity index (χ4n) is 3.71. The summed E-state index contributed by atoms with van der Waals surface area (Å²) >= 11 is 0. The van der Waals surface area contributed by atoms with Crippen molar-refractivity contribution in [3.05, 3.63) is 29.8 Å². The summed E-state index contributed by atoms with van der Waals surface area (Å²) in [6.45, 7) is 0.820. The Morgan fingerprint density at radius 3 is 2.61 bits per heavy atom. The van der Waals surface area contributed by atoms with Gasteiger partial charge in [0.25, 0.3) is 0 Å². The van der Waals surface area contributed by atoms with Crippen LogP contribution in [0, 0.1) is 11.8 Å². The Labute approximate surface area is 112 Å². The van der Waals surface area contributed by atoms with Gasteiger partial charge in [-0.15, -0.1) is 0 Å². The molecule has 2 nitrogen and oxygen atoms in total. The maximum Gasteiger partial charge on any atom is 0.119 e. The van der Waals surface area contributed by atoms with Crippen LogP contribution in [0.1, 0.15) is 31.2 Å². The van der Waals surface area contributed by atoms with E-state index in [1.54, 1.807) is 0 Å². The molecule has 0 aliphatic heterocycles. The predicted molar refractivity (Wildman–Crippen MR) is 76.0 cm³/mol. The summed E-state index contributed by atoms with van der Waals surface area (Å²) < 4.78 is 5.62. The highest BCUT2D eigenvalue weighted by Gasteiger charge is 2.50. The summed E-state index contributed by atoms with van der Waals surface area (Å²) in [6, 6.07) is 9.30. The SMILES string of the molecule is OC1(c2ccc(OCC[SiH3])cc2)CC2CCC1C2. The average molecular weight is 262 g/mol. The van der Waals surface area contributed by atoms with Crippen LogP contribution < -0.4 is 4.74 Å². The van der Waals surface area contributed by atoms with Gasteiger partial charge >= 0.3 is 0 Å². The Morgan fingerprint density at radius 1 is 1.28 bits per heavy atom. The summed E-state index contributed by atoms with van der Waals surface area (Å²) in [7, 11) is 1.19. The van der Waals surface area contributed by atoms with E-state index in [2.05, 4.69) is 12.1 Å². The molecule has 2 aliphatic rings. The van der Waals surface area contributed by atoms with Crippen LogP contribution in [-0.2, 0) is 5.60 Å². The van der Waals surface area contributed by atoms with E-state index in [4.69, 9.17) is 4.74 Å². The molecule has 3 rings (SSSR count). The molecular formula is C15H22O2Si. The average Bonchev–Trinajstić information content (AvgIpc) is 2.97. The first-order chi connectivity index (χ1) is 8.72. The lowest BCUT2D eigenvalue weighted by Gasteiger charge is -2.33. The second-order valence-corrected chi connectivity index (χ2v) is 6.88. The first-order valence-electron chi connectivity index (χ1n) is 7.18. The Bertz CT molecular complexity index is 417. The van der Waals surface area contributed by atoms with Crippen molar-refractivity contribution in [2.24, 2.45) is 11.8 Å². The molecule has 1 N–H and O–H groups in total. The van der Waals surface area contributed by atoms with E-state index in [1.165, 1.54) is 29.5 Å². The summed E-state index contributed by atoms with van der Waals surface area (Å²) in [5.41, 5.74) is 0.534. The molecule has 1 aromatic rings. The first kappa shape index (κ1) is 12.2. The Morgan fingerprint density at radius 2 is 2.06 bits per heavy atom. The molecule has 2 bridgehead atoms.